The monoisotopic (exact) mass is 313 g/mol. The highest BCUT2D eigenvalue weighted by Crippen LogP contribution is 2.30. The number of piperidine rings is 1. The summed E-state index contributed by atoms with van der Waals surface area (Å²) in [7, 11) is -3.76. The first kappa shape index (κ1) is 15.8. The predicted octanol–water partition coefficient (Wildman–Crippen LogP) is 1.90. The number of carboxylic acid groups (broad SMARTS) is 1. The van der Waals surface area contributed by atoms with E-state index in [4.69, 9.17) is 5.11 Å². The van der Waals surface area contributed by atoms with Crippen molar-refractivity contribution >= 4 is 16.0 Å². The van der Waals surface area contributed by atoms with Crippen molar-refractivity contribution in [3.8, 4) is 5.75 Å². The molecule has 0 saturated carbocycles. The number of sulfonamides is 1. The van der Waals surface area contributed by atoms with E-state index in [1.165, 1.54) is 10.4 Å². The summed E-state index contributed by atoms with van der Waals surface area (Å²) in [6.07, 6.45) is 1.76. The first-order valence-corrected chi connectivity index (χ1v) is 8.27. The van der Waals surface area contributed by atoms with E-state index in [0.29, 0.717) is 6.54 Å². The maximum Gasteiger partial charge on any atom is 0.339 e. The standard InChI is InChI=1S/C14H19NO5S/c1-9-4-3-7-15(10(9)2)21(19,20)11-5-6-13(16)12(8-11)14(17)18/h5-6,8-10,16H,3-4,7H2,1-2H3,(H,17,18). The molecule has 2 atom stereocenters. The van der Waals surface area contributed by atoms with Gasteiger partial charge in [-0.2, -0.15) is 4.31 Å². The highest BCUT2D eigenvalue weighted by molar-refractivity contribution is 7.89. The Hall–Kier alpha value is -1.60. The molecule has 0 spiro atoms. The average molecular weight is 313 g/mol. The molecule has 0 radical (unpaired) electrons. The van der Waals surface area contributed by atoms with Crippen molar-refractivity contribution < 1.29 is 23.4 Å². The van der Waals surface area contributed by atoms with E-state index >= 15 is 0 Å². The minimum Gasteiger partial charge on any atom is -0.507 e. The van der Waals surface area contributed by atoms with E-state index in [2.05, 4.69) is 0 Å². The molecule has 0 aromatic heterocycles. The van der Waals surface area contributed by atoms with Crippen molar-refractivity contribution in [1.82, 2.24) is 4.31 Å². The third-order valence-corrected chi connectivity index (χ3v) is 6.10. The number of aromatic hydroxyl groups is 1. The van der Waals surface area contributed by atoms with Gasteiger partial charge in [0.2, 0.25) is 10.0 Å². The second kappa shape index (κ2) is 5.65. The van der Waals surface area contributed by atoms with Crippen LogP contribution in [-0.4, -0.2) is 41.5 Å². The Labute approximate surface area is 124 Å². The Morgan fingerprint density at radius 3 is 2.62 bits per heavy atom. The van der Waals surface area contributed by atoms with Crippen molar-refractivity contribution in [2.75, 3.05) is 6.54 Å². The van der Waals surface area contributed by atoms with Crippen LogP contribution < -0.4 is 0 Å². The third kappa shape index (κ3) is 2.89. The lowest BCUT2D eigenvalue weighted by molar-refractivity contribution is 0.0693. The van der Waals surface area contributed by atoms with Crippen molar-refractivity contribution in [2.24, 2.45) is 5.92 Å². The fourth-order valence-electron chi connectivity index (χ4n) is 2.62. The fraction of sp³-hybridized carbons (Fsp3) is 0.500. The maximum absolute atomic E-state index is 12.7. The van der Waals surface area contributed by atoms with Gasteiger partial charge >= 0.3 is 5.97 Å². The van der Waals surface area contributed by atoms with Gasteiger partial charge in [0, 0.05) is 12.6 Å². The number of benzene rings is 1. The SMILES string of the molecule is CC1CCCN(S(=O)(=O)c2ccc(O)c(C(=O)O)c2)C1C. The highest BCUT2D eigenvalue weighted by atomic mass is 32.2. The van der Waals surface area contributed by atoms with Crippen LogP contribution in [0.3, 0.4) is 0 Å². The molecular formula is C14H19NO5S. The molecule has 116 valence electrons. The van der Waals surface area contributed by atoms with Crippen molar-refractivity contribution in [3.05, 3.63) is 23.8 Å². The summed E-state index contributed by atoms with van der Waals surface area (Å²) in [6, 6.07) is 3.22. The lowest BCUT2D eigenvalue weighted by Gasteiger charge is -2.36. The molecular weight excluding hydrogens is 294 g/mol. The van der Waals surface area contributed by atoms with Crippen LogP contribution in [0.25, 0.3) is 0 Å². The first-order chi connectivity index (χ1) is 9.75. The zero-order valence-corrected chi connectivity index (χ0v) is 12.8. The Bertz CT molecular complexity index is 655. The van der Waals surface area contributed by atoms with Gasteiger partial charge < -0.3 is 10.2 Å². The van der Waals surface area contributed by atoms with Gasteiger partial charge in [-0.25, -0.2) is 13.2 Å². The van der Waals surface area contributed by atoms with Gasteiger partial charge in [-0.05, 0) is 43.9 Å². The minimum atomic E-state index is -3.76. The smallest absolute Gasteiger partial charge is 0.339 e. The molecule has 2 N–H and O–H groups in total. The molecule has 1 aromatic rings. The average Bonchev–Trinajstić information content (AvgIpc) is 2.41. The lowest BCUT2D eigenvalue weighted by Crippen LogP contribution is -2.45. The number of hydrogen-bond acceptors (Lipinski definition) is 4. The zero-order valence-electron chi connectivity index (χ0n) is 12.0. The van der Waals surface area contributed by atoms with Crippen LogP contribution in [0.15, 0.2) is 23.1 Å². The van der Waals surface area contributed by atoms with E-state index in [1.54, 1.807) is 0 Å². The Morgan fingerprint density at radius 1 is 1.33 bits per heavy atom. The van der Waals surface area contributed by atoms with Crippen LogP contribution in [0.4, 0.5) is 0 Å². The third-order valence-electron chi connectivity index (χ3n) is 4.12. The highest BCUT2D eigenvalue weighted by Gasteiger charge is 2.35. The number of phenols is 1. The van der Waals surface area contributed by atoms with E-state index in [-0.39, 0.29) is 16.9 Å². The van der Waals surface area contributed by atoms with Crippen LogP contribution in [0.2, 0.25) is 0 Å². The summed E-state index contributed by atoms with van der Waals surface area (Å²) in [4.78, 5) is 10.9. The van der Waals surface area contributed by atoms with Crippen LogP contribution in [0.1, 0.15) is 37.0 Å². The summed E-state index contributed by atoms with van der Waals surface area (Å²) in [5.41, 5.74) is -0.409. The summed E-state index contributed by atoms with van der Waals surface area (Å²) < 4.78 is 26.8. The molecule has 0 amide bonds. The topological polar surface area (TPSA) is 94.9 Å². The molecule has 21 heavy (non-hydrogen) atoms. The minimum absolute atomic E-state index is 0.0985. The number of nitrogens with zero attached hydrogens (tertiary/aromatic N) is 1. The second-order valence-electron chi connectivity index (χ2n) is 5.46. The molecule has 1 aliphatic heterocycles. The van der Waals surface area contributed by atoms with Crippen LogP contribution >= 0.6 is 0 Å². The van der Waals surface area contributed by atoms with Gasteiger partial charge in [0.05, 0.1) is 4.90 Å². The summed E-state index contributed by atoms with van der Waals surface area (Å²) in [5, 5.41) is 18.5. The van der Waals surface area contributed by atoms with Gasteiger partial charge in [-0.1, -0.05) is 6.92 Å². The van der Waals surface area contributed by atoms with E-state index in [9.17, 15) is 18.3 Å². The molecule has 2 unspecified atom stereocenters. The Morgan fingerprint density at radius 2 is 2.00 bits per heavy atom. The molecule has 1 heterocycles. The number of carbonyl (C=O) groups is 1. The van der Waals surface area contributed by atoms with E-state index in [0.717, 1.165) is 25.0 Å². The zero-order chi connectivity index (χ0) is 15.8. The maximum atomic E-state index is 12.7. The lowest BCUT2D eigenvalue weighted by atomic mass is 9.94. The van der Waals surface area contributed by atoms with Crippen molar-refractivity contribution in [1.29, 1.82) is 0 Å². The Kier molecular flexibility index (Phi) is 4.25. The number of aromatic carboxylic acids is 1. The van der Waals surface area contributed by atoms with Crippen LogP contribution in [0, 0.1) is 5.92 Å². The van der Waals surface area contributed by atoms with Crippen LogP contribution in [-0.2, 0) is 10.0 Å². The largest absolute Gasteiger partial charge is 0.507 e. The molecule has 2 rings (SSSR count). The Balaban J connectivity index is 2.44. The molecule has 6 nitrogen and oxygen atoms in total. The van der Waals surface area contributed by atoms with Gasteiger partial charge in [0.1, 0.15) is 11.3 Å². The number of rotatable bonds is 3. The summed E-state index contributed by atoms with van der Waals surface area (Å²) in [6.45, 7) is 4.29. The fourth-order valence-corrected chi connectivity index (χ4v) is 4.41. The van der Waals surface area contributed by atoms with Gasteiger partial charge in [0.15, 0.2) is 0 Å². The molecule has 7 heteroatoms. The summed E-state index contributed by atoms with van der Waals surface area (Å²) in [5.74, 6) is -1.55. The van der Waals surface area contributed by atoms with Crippen molar-refractivity contribution in [3.63, 3.8) is 0 Å². The molecule has 1 aromatic carbocycles. The predicted molar refractivity (Wildman–Crippen MR) is 76.8 cm³/mol. The van der Waals surface area contributed by atoms with Gasteiger partial charge in [0.25, 0.3) is 0 Å². The van der Waals surface area contributed by atoms with Crippen molar-refractivity contribution in [2.45, 2.75) is 37.6 Å². The number of carboxylic acids is 1. The normalized spacial score (nSPS) is 23.9. The van der Waals surface area contributed by atoms with Gasteiger partial charge in [-0.15, -0.1) is 0 Å². The first-order valence-electron chi connectivity index (χ1n) is 6.83. The molecule has 1 fully saturated rings. The van der Waals surface area contributed by atoms with Gasteiger partial charge in [-0.3, -0.25) is 0 Å². The molecule has 1 saturated heterocycles. The molecule has 1 aliphatic rings. The second-order valence-corrected chi connectivity index (χ2v) is 7.35. The van der Waals surface area contributed by atoms with Crippen LogP contribution in [0.5, 0.6) is 5.75 Å². The van der Waals surface area contributed by atoms with E-state index in [1.807, 2.05) is 13.8 Å². The quantitative estimate of drug-likeness (QED) is 0.888. The number of hydrogen-bond donors (Lipinski definition) is 2. The van der Waals surface area contributed by atoms with E-state index < -0.39 is 27.3 Å². The molecule has 0 aliphatic carbocycles. The molecule has 0 bridgehead atoms. The summed E-state index contributed by atoms with van der Waals surface area (Å²) >= 11 is 0.